The topological polar surface area (TPSA) is 47.0 Å². The monoisotopic (exact) mass is 293 g/mol. The first-order chi connectivity index (χ1) is 9.79. The third-order valence-electron chi connectivity index (χ3n) is 3.24. The molecule has 2 aromatic rings. The number of hydrogen-bond donors (Lipinski definition) is 1. The van der Waals surface area contributed by atoms with E-state index in [1.165, 1.54) is 23.5 Å². The summed E-state index contributed by atoms with van der Waals surface area (Å²) < 4.78 is 18.4. The smallest absolute Gasteiger partial charge is 0.205 e. The summed E-state index contributed by atoms with van der Waals surface area (Å²) in [6.07, 6.45) is 3.21. The second-order valence-electron chi connectivity index (χ2n) is 4.82. The molecule has 0 spiro atoms. The Morgan fingerprint density at radius 3 is 2.90 bits per heavy atom. The van der Waals surface area contributed by atoms with E-state index in [-0.39, 0.29) is 5.82 Å². The van der Waals surface area contributed by atoms with Gasteiger partial charge in [-0.2, -0.15) is 0 Å². The van der Waals surface area contributed by atoms with Gasteiger partial charge in [0.1, 0.15) is 10.8 Å². The molecule has 0 bridgehead atoms. The molecule has 1 unspecified atom stereocenters. The highest BCUT2D eigenvalue weighted by atomic mass is 32.1. The van der Waals surface area contributed by atoms with Crippen LogP contribution in [0.5, 0.6) is 0 Å². The molecule has 2 heterocycles. The molecule has 3 rings (SSSR count). The van der Waals surface area contributed by atoms with Gasteiger partial charge in [0.2, 0.25) is 5.13 Å². The summed E-state index contributed by atoms with van der Waals surface area (Å²) in [6, 6.07) is 6.48. The molecule has 1 fully saturated rings. The molecule has 0 saturated carbocycles. The molecule has 1 aliphatic heterocycles. The molecule has 1 N–H and O–H groups in total. The van der Waals surface area contributed by atoms with E-state index < -0.39 is 0 Å². The molecule has 20 heavy (non-hydrogen) atoms. The number of ether oxygens (including phenoxy) is 1. The van der Waals surface area contributed by atoms with Gasteiger partial charge in [0.05, 0.1) is 6.10 Å². The maximum absolute atomic E-state index is 12.8. The number of anilines is 1. The van der Waals surface area contributed by atoms with E-state index >= 15 is 0 Å². The lowest BCUT2D eigenvalue weighted by atomic mass is 10.2. The molecule has 0 amide bonds. The van der Waals surface area contributed by atoms with E-state index in [2.05, 4.69) is 15.5 Å². The zero-order valence-electron chi connectivity index (χ0n) is 11.0. The van der Waals surface area contributed by atoms with Gasteiger partial charge in [-0.15, -0.1) is 10.2 Å². The summed E-state index contributed by atoms with van der Waals surface area (Å²) in [5.41, 5.74) is 1.04. The minimum atomic E-state index is -0.218. The van der Waals surface area contributed by atoms with Crippen LogP contribution in [-0.4, -0.2) is 29.5 Å². The van der Waals surface area contributed by atoms with Gasteiger partial charge in [0.25, 0.3) is 0 Å². The lowest BCUT2D eigenvalue weighted by Crippen LogP contribution is -2.18. The average Bonchev–Trinajstić information content (AvgIpc) is 3.10. The Kier molecular flexibility index (Phi) is 4.22. The number of rotatable bonds is 5. The van der Waals surface area contributed by atoms with E-state index in [0.717, 1.165) is 41.7 Å². The zero-order valence-corrected chi connectivity index (χ0v) is 11.8. The molecule has 106 valence electrons. The predicted octanol–water partition coefficient (Wildman–Crippen LogP) is 2.86. The minimum Gasteiger partial charge on any atom is -0.376 e. The summed E-state index contributed by atoms with van der Waals surface area (Å²) in [6.45, 7) is 1.64. The van der Waals surface area contributed by atoms with E-state index in [1.807, 2.05) is 0 Å². The number of nitrogens with one attached hydrogen (secondary N) is 1. The maximum atomic E-state index is 12.8. The van der Waals surface area contributed by atoms with Crippen LogP contribution in [-0.2, 0) is 11.2 Å². The molecular weight excluding hydrogens is 277 g/mol. The van der Waals surface area contributed by atoms with Crippen LogP contribution in [0, 0.1) is 5.82 Å². The largest absolute Gasteiger partial charge is 0.376 e. The Morgan fingerprint density at radius 2 is 2.15 bits per heavy atom. The molecule has 0 radical (unpaired) electrons. The third-order valence-corrected chi connectivity index (χ3v) is 4.12. The first-order valence-electron chi connectivity index (χ1n) is 6.72. The summed E-state index contributed by atoms with van der Waals surface area (Å²) in [5, 5.41) is 13.3. The molecule has 1 aromatic heterocycles. The van der Waals surface area contributed by atoms with Crippen molar-refractivity contribution >= 4 is 16.5 Å². The second kappa shape index (κ2) is 6.28. The van der Waals surface area contributed by atoms with Gasteiger partial charge in [-0.1, -0.05) is 23.5 Å². The van der Waals surface area contributed by atoms with Crippen molar-refractivity contribution in [2.24, 2.45) is 0 Å². The normalized spacial score (nSPS) is 18.4. The highest BCUT2D eigenvalue weighted by Crippen LogP contribution is 2.20. The van der Waals surface area contributed by atoms with Crippen LogP contribution >= 0.6 is 11.3 Å². The van der Waals surface area contributed by atoms with E-state index in [9.17, 15) is 4.39 Å². The van der Waals surface area contributed by atoms with Gasteiger partial charge >= 0.3 is 0 Å². The highest BCUT2D eigenvalue weighted by molar-refractivity contribution is 7.15. The zero-order chi connectivity index (χ0) is 13.8. The Bertz CT molecular complexity index is 552. The standard InChI is InChI=1S/C14H16FN3OS/c15-11-5-3-10(4-6-11)8-13-17-18-14(20-13)16-9-12-2-1-7-19-12/h3-6,12H,1-2,7-9H2,(H,16,18). The van der Waals surface area contributed by atoms with Gasteiger partial charge in [-0.05, 0) is 30.5 Å². The Balaban J connectivity index is 1.54. The molecule has 1 saturated heterocycles. The molecule has 6 heteroatoms. The Labute approximate surface area is 121 Å². The molecule has 1 aromatic carbocycles. The van der Waals surface area contributed by atoms with E-state index in [0.29, 0.717) is 12.5 Å². The van der Waals surface area contributed by atoms with Crippen LogP contribution in [0.4, 0.5) is 9.52 Å². The minimum absolute atomic E-state index is 0.218. The van der Waals surface area contributed by atoms with Gasteiger partial charge in [0, 0.05) is 19.6 Å². The van der Waals surface area contributed by atoms with Gasteiger partial charge < -0.3 is 10.1 Å². The van der Waals surface area contributed by atoms with Crippen molar-refractivity contribution in [3.8, 4) is 0 Å². The van der Waals surface area contributed by atoms with Crippen LogP contribution < -0.4 is 5.32 Å². The average molecular weight is 293 g/mol. The van der Waals surface area contributed by atoms with Crippen LogP contribution in [0.3, 0.4) is 0 Å². The molecule has 1 aliphatic rings. The van der Waals surface area contributed by atoms with Crippen molar-refractivity contribution in [1.29, 1.82) is 0 Å². The Morgan fingerprint density at radius 1 is 1.30 bits per heavy atom. The van der Waals surface area contributed by atoms with Crippen molar-refractivity contribution in [2.75, 3.05) is 18.5 Å². The van der Waals surface area contributed by atoms with Gasteiger partial charge in [0.15, 0.2) is 0 Å². The van der Waals surface area contributed by atoms with Gasteiger partial charge in [-0.25, -0.2) is 4.39 Å². The molecular formula is C14H16FN3OS. The number of hydrogen-bond acceptors (Lipinski definition) is 5. The van der Waals surface area contributed by atoms with Crippen molar-refractivity contribution in [1.82, 2.24) is 10.2 Å². The fourth-order valence-electron chi connectivity index (χ4n) is 2.18. The van der Waals surface area contributed by atoms with Crippen LogP contribution in [0.1, 0.15) is 23.4 Å². The molecule has 0 aliphatic carbocycles. The maximum Gasteiger partial charge on any atom is 0.205 e. The number of nitrogens with zero attached hydrogens (tertiary/aromatic N) is 2. The Hall–Kier alpha value is -1.53. The SMILES string of the molecule is Fc1ccc(Cc2nnc(NCC3CCCO3)s2)cc1. The first-order valence-corrected chi connectivity index (χ1v) is 7.53. The first kappa shape index (κ1) is 13.5. The van der Waals surface area contributed by atoms with Crippen molar-refractivity contribution in [2.45, 2.75) is 25.4 Å². The lowest BCUT2D eigenvalue weighted by molar-refractivity contribution is 0.120. The lowest BCUT2D eigenvalue weighted by Gasteiger charge is -2.08. The fourth-order valence-corrected chi connectivity index (χ4v) is 2.96. The van der Waals surface area contributed by atoms with Crippen LogP contribution in [0.25, 0.3) is 0 Å². The second-order valence-corrected chi connectivity index (χ2v) is 5.88. The quantitative estimate of drug-likeness (QED) is 0.921. The number of halogens is 1. The van der Waals surface area contributed by atoms with Crippen molar-refractivity contribution in [3.05, 3.63) is 40.7 Å². The van der Waals surface area contributed by atoms with Crippen LogP contribution in [0.15, 0.2) is 24.3 Å². The van der Waals surface area contributed by atoms with E-state index in [4.69, 9.17) is 4.74 Å². The summed E-state index contributed by atoms with van der Waals surface area (Å²) in [5.74, 6) is -0.218. The molecule has 1 atom stereocenters. The van der Waals surface area contributed by atoms with Gasteiger partial charge in [-0.3, -0.25) is 0 Å². The summed E-state index contributed by atoms with van der Waals surface area (Å²) in [7, 11) is 0. The number of benzene rings is 1. The highest BCUT2D eigenvalue weighted by Gasteiger charge is 2.15. The van der Waals surface area contributed by atoms with E-state index in [1.54, 1.807) is 12.1 Å². The third kappa shape index (κ3) is 3.52. The van der Waals surface area contributed by atoms with Crippen LogP contribution in [0.2, 0.25) is 0 Å². The van der Waals surface area contributed by atoms with Crippen molar-refractivity contribution < 1.29 is 9.13 Å². The summed E-state index contributed by atoms with van der Waals surface area (Å²) in [4.78, 5) is 0. The fraction of sp³-hybridized carbons (Fsp3) is 0.429. The summed E-state index contributed by atoms with van der Waals surface area (Å²) >= 11 is 1.53. The molecule has 4 nitrogen and oxygen atoms in total. The van der Waals surface area contributed by atoms with Crippen molar-refractivity contribution in [3.63, 3.8) is 0 Å². The predicted molar refractivity (Wildman–Crippen MR) is 76.6 cm³/mol. The number of aromatic nitrogens is 2.